The van der Waals surface area contributed by atoms with Crippen molar-refractivity contribution in [1.29, 1.82) is 0 Å². The molecule has 1 aliphatic heterocycles. The number of likely N-dealkylation sites (tertiary alicyclic amines) is 1. The summed E-state index contributed by atoms with van der Waals surface area (Å²) in [6.45, 7) is 5.18. The van der Waals surface area contributed by atoms with Crippen molar-refractivity contribution >= 4 is 17.5 Å². The van der Waals surface area contributed by atoms with Gasteiger partial charge < -0.3 is 9.80 Å². The standard InChI is InChI=1S/C17H24N2O2/c1-3-14-10-8-9-13-19(14)17(21)16(20)18(4-2)15-11-6-5-7-12-15/h5-7,11-12,14H,3-4,8-10,13H2,1-2H3. The second-order valence-electron chi connectivity index (χ2n) is 5.44. The lowest BCUT2D eigenvalue weighted by molar-refractivity contribution is -0.147. The molecule has 1 atom stereocenters. The van der Waals surface area contributed by atoms with E-state index in [-0.39, 0.29) is 11.9 Å². The van der Waals surface area contributed by atoms with E-state index in [9.17, 15) is 9.59 Å². The number of carbonyl (C=O) groups excluding carboxylic acids is 2. The van der Waals surface area contributed by atoms with Crippen LogP contribution in [0.4, 0.5) is 5.69 Å². The van der Waals surface area contributed by atoms with Crippen LogP contribution in [-0.4, -0.2) is 35.8 Å². The predicted molar refractivity (Wildman–Crippen MR) is 84.1 cm³/mol. The van der Waals surface area contributed by atoms with Crippen LogP contribution in [0.1, 0.15) is 39.5 Å². The summed E-state index contributed by atoms with van der Waals surface area (Å²) >= 11 is 0. The summed E-state index contributed by atoms with van der Waals surface area (Å²) < 4.78 is 0. The second kappa shape index (κ2) is 7.25. The Morgan fingerprint density at radius 3 is 2.52 bits per heavy atom. The van der Waals surface area contributed by atoms with E-state index in [2.05, 4.69) is 6.92 Å². The number of hydrogen-bond acceptors (Lipinski definition) is 2. The van der Waals surface area contributed by atoms with Gasteiger partial charge in [0.2, 0.25) is 0 Å². The molecule has 1 aliphatic rings. The molecule has 1 heterocycles. The SMILES string of the molecule is CCC1CCCCN1C(=O)C(=O)N(CC)c1ccccc1. The van der Waals surface area contributed by atoms with Crippen molar-refractivity contribution in [2.24, 2.45) is 0 Å². The number of amides is 2. The number of benzene rings is 1. The predicted octanol–water partition coefficient (Wildman–Crippen LogP) is 2.83. The van der Waals surface area contributed by atoms with Crippen LogP contribution in [0.3, 0.4) is 0 Å². The van der Waals surface area contributed by atoms with E-state index in [0.29, 0.717) is 13.1 Å². The molecule has 1 saturated heterocycles. The van der Waals surface area contributed by atoms with Gasteiger partial charge in [0.15, 0.2) is 0 Å². The summed E-state index contributed by atoms with van der Waals surface area (Å²) in [5.74, 6) is -0.767. The fraction of sp³-hybridized carbons (Fsp3) is 0.529. The maximum Gasteiger partial charge on any atom is 0.316 e. The molecule has 0 aliphatic carbocycles. The first kappa shape index (κ1) is 15.5. The maximum atomic E-state index is 12.6. The summed E-state index contributed by atoms with van der Waals surface area (Å²) in [6, 6.07) is 9.60. The van der Waals surface area contributed by atoms with Crippen molar-refractivity contribution in [3.05, 3.63) is 30.3 Å². The molecule has 4 nitrogen and oxygen atoms in total. The van der Waals surface area contributed by atoms with Gasteiger partial charge in [-0.1, -0.05) is 25.1 Å². The highest BCUT2D eigenvalue weighted by Crippen LogP contribution is 2.21. The highest BCUT2D eigenvalue weighted by molar-refractivity contribution is 6.40. The third kappa shape index (κ3) is 3.43. The van der Waals surface area contributed by atoms with Crippen molar-refractivity contribution in [3.63, 3.8) is 0 Å². The molecule has 4 heteroatoms. The Labute approximate surface area is 126 Å². The van der Waals surface area contributed by atoms with Crippen LogP contribution in [0.25, 0.3) is 0 Å². The molecule has 2 rings (SSSR count). The molecule has 1 fully saturated rings. The van der Waals surface area contributed by atoms with E-state index >= 15 is 0 Å². The topological polar surface area (TPSA) is 40.6 Å². The Morgan fingerprint density at radius 1 is 1.19 bits per heavy atom. The van der Waals surface area contributed by atoms with Gasteiger partial charge in [-0.05, 0) is 44.7 Å². The summed E-state index contributed by atoms with van der Waals surface area (Å²) in [6.07, 6.45) is 4.06. The summed E-state index contributed by atoms with van der Waals surface area (Å²) in [5, 5.41) is 0. The van der Waals surface area contributed by atoms with Crippen molar-refractivity contribution in [3.8, 4) is 0 Å². The smallest absolute Gasteiger partial charge is 0.316 e. The van der Waals surface area contributed by atoms with E-state index in [0.717, 1.165) is 31.4 Å². The lowest BCUT2D eigenvalue weighted by Gasteiger charge is -2.35. The maximum absolute atomic E-state index is 12.6. The average molecular weight is 288 g/mol. The van der Waals surface area contributed by atoms with Gasteiger partial charge in [-0.15, -0.1) is 0 Å². The molecule has 114 valence electrons. The molecule has 0 bridgehead atoms. The largest absolute Gasteiger partial charge is 0.331 e. The molecule has 21 heavy (non-hydrogen) atoms. The minimum Gasteiger partial charge on any atom is -0.331 e. The minimum absolute atomic E-state index is 0.213. The molecule has 0 aromatic heterocycles. The number of anilines is 1. The molecule has 0 radical (unpaired) electrons. The molecule has 2 amide bonds. The van der Waals surface area contributed by atoms with Gasteiger partial charge in [0.1, 0.15) is 0 Å². The van der Waals surface area contributed by atoms with Crippen LogP contribution in [0, 0.1) is 0 Å². The van der Waals surface area contributed by atoms with E-state index in [1.54, 1.807) is 9.80 Å². The van der Waals surface area contributed by atoms with Gasteiger partial charge >= 0.3 is 11.8 Å². The molecular formula is C17H24N2O2. The van der Waals surface area contributed by atoms with Gasteiger partial charge in [0, 0.05) is 24.8 Å². The zero-order chi connectivity index (χ0) is 15.2. The Bertz CT molecular complexity index is 487. The van der Waals surface area contributed by atoms with Crippen molar-refractivity contribution in [1.82, 2.24) is 4.90 Å². The van der Waals surface area contributed by atoms with Gasteiger partial charge in [-0.2, -0.15) is 0 Å². The van der Waals surface area contributed by atoms with Crippen LogP contribution >= 0.6 is 0 Å². The monoisotopic (exact) mass is 288 g/mol. The number of hydrogen-bond donors (Lipinski definition) is 0. The van der Waals surface area contributed by atoms with Crippen LogP contribution in [-0.2, 0) is 9.59 Å². The summed E-state index contributed by atoms with van der Waals surface area (Å²) in [4.78, 5) is 28.5. The molecule has 1 aromatic carbocycles. The first-order valence-electron chi connectivity index (χ1n) is 7.86. The van der Waals surface area contributed by atoms with E-state index < -0.39 is 5.91 Å². The number of rotatable bonds is 3. The first-order chi connectivity index (χ1) is 10.2. The van der Waals surface area contributed by atoms with E-state index in [4.69, 9.17) is 0 Å². The Hall–Kier alpha value is -1.84. The summed E-state index contributed by atoms with van der Waals surface area (Å²) in [7, 11) is 0. The lowest BCUT2D eigenvalue weighted by atomic mass is 10.00. The summed E-state index contributed by atoms with van der Waals surface area (Å²) in [5.41, 5.74) is 0.781. The highest BCUT2D eigenvalue weighted by Gasteiger charge is 2.32. The van der Waals surface area contributed by atoms with Gasteiger partial charge in [-0.3, -0.25) is 9.59 Å². The van der Waals surface area contributed by atoms with Crippen LogP contribution in [0.5, 0.6) is 0 Å². The molecule has 0 spiro atoms. The highest BCUT2D eigenvalue weighted by atomic mass is 16.2. The van der Waals surface area contributed by atoms with Crippen molar-refractivity contribution < 1.29 is 9.59 Å². The Balaban J connectivity index is 2.15. The number of piperidine rings is 1. The third-order valence-corrected chi connectivity index (χ3v) is 4.17. The van der Waals surface area contributed by atoms with E-state index in [1.165, 1.54) is 0 Å². The minimum atomic E-state index is -0.413. The van der Waals surface area contributed by atoms with Crippen LogP contribution in [0.15, 0.2) is 30.3 Å². The zero-order valence-electron chi connectivity index (χ0n) is 12.9. The van der Waals surface area contributed by atoms with Gasteiger partial charge in [0.25, 0.3) is 0 Å². The average Bonchev–Trinajstić information content (AvgIpc) is 2.55. The third-order valence-electron chi connectivity index (χ3n) is 4.17. The Morgan fingerprint density at radius 2 is 1.90 bits per heavy atom. The number of nitrogens with zero attached hydrogens (tertiary/aromatic N) is 2. The number of carbonyl (C=O) groups is 2. The van der Waals surface area contributed by atoms with E-state index in [1.807, 2.05) is 37.3 Å². The molecular weight excluding hydrogens is 264 g/mol. The molecule has 1 unspecified atom stereocenters. The fourth-order valence-electron chi connectivity index (χ4n) is 2.98. The van der Waals surface area contributed by atoms with Gasteiger partial charge in [0.05, 0.1) is 0 Å². The molecule has 0 saturated carbocycles. The second-order valence-corrected chi connectivity index (χ2v) is 5.44. The zero-order valence-corrected chi connectivity index (χ0v) is 12.9. The molecule has 1 aromatic rings. The van der Waals surface area contributed by atoms with Crippen molar-refractivity contribution in [2.75, 3.05) is 18.0 Å². The van der Waals surface area contributed by atoms with Crippen LogP contribution < -0.4 is 4.90 Å². The number of para-hydroxylation sites is 1. The quantitative estimate of drug-likeness (QED) is 0.802. The fourth-order valence-corrected chi connectivity index (χ4v) is 2.98. The first-order valence-corrected chi connectivity index (χ1v) is 7.86. The molecule has 0 N–H and O–H groups in total. The number of likely N-dealkylation sites (N-methyl/N-ethyl adjacent to an activating group) is 1. The van der Waals surface area contributed by atoms with Gasteiger partial charge in [-0.25, -0.2) is 0 Å². The van der Waals surface area contributed by atoms with Crippen LogP contribution in [0.2, 0.25) is 0 Å². The normalized spacial score (nSPS) is 18.4. The Kier molecular flexibility index (Phi) is 5.37. The lowest BCUT2D eigenvalue weighted by Crippen LogP contribution is -2.51. The van der Waals surface area contributed by atoms with Crippen molar-refractivity contribution in [2.45, 2.75) is 45.6 Å².